The van der Waals surface area contributed by atoms with Gasteiger partial charge in [0, 0.05) is 26.1 Å². The summed E-state index contributed by atoms with van der Waals surface area (Å²) in [7, 11) is 4.38. The molecule has 0 unspecified atom stereocenters. The highest BCUT2D eigenvalue weighted by molar-refractivity contribution is 6.32. The molecule has 4 aromatic carbocycles. The molecule has 4 aromatic rings. The molecule has 4 rings (SSSR count). The Balaban J connectivity index is 1.47. The van der Waals surface area contributed by atoms with Crippen LogP contribution < -0.4 is 10.1 Å². The summed E-state index contributed by atoms with van der Waals surface area (Å²) in [6.07, 6.45) is -3.68. The van der Waals surface area contributed by atoms with Gasteiger partial charge in [-0.3, -0.25) is 14.4 Å². The number of carbonyl (C=O) groups is 4. The van der Waals surface area contributed by atoms with E-state index in [1.807, 2.05) is 0 Å². The van der Waals surface area contributed by atoms with Crippen molar-refractivity contribution < 1.29 is 41.8 Å². The third-order valence-electron chi connectivity index (χ3n) is 7.09. The first-order valence-electron chi connectivity index (χ1n) is 14.3. The van der Waals surface area contributed by atoms with Gasteiger partial charge in [0.05, 0.1) is 34.5 Å². The molecule has 0 saturated carbocycles. The van der Waals surface area contributed by atoms with Crippen LogP contribution in [0.1, 0.15) is 55.0 Å². The highest BCUT2D eigenvalue weighted by atomic mass is 35.5. The fourth-order valence-corrected chi connectivity index (χ4v) is 4.89. The molecule has 0 bridgehead atoms. The molecule has 8 nitrogen and oxygen atoms in total. The quantitative estimate of drug-likeness (QED) is 0.138. The number of ether oxygens (including phenoxy) is 2. The van der Waals surface area contributed by atoms with Crippen molar-refractivity contribution in [3.63, 3.8) is 0 Å². The van der Waals surface area contributed by atoms with Gasteiger partial charge >= 0.3 is 18.1 Å². The Hall–Kier alpha value is -5.16. The van der Waals surface area contributed by atoms with Crippen molar-refractivity contribution in [3.8, 4) is 16.9 Å². The van der Waals surface area contributed by atoms with Crippen molar-refractivity contribution in [1.82, 2.24) is 4.90 Å². The minimum atomic E-state index is -4.49. The standard InChI is InChI=1S/C35H30ClF3N2O6/c1-41(2)33(44)27-19-21(7-6-10-31(42)47-30-18-14-23(20-28(30)36)34(45)46-3)11-17-29(27)40-32(43)26-9-5-4-8-25(26)22-12-15-24(16-13-22)35(37,38)39/h4-5,8-9,11-20H,6-7,10H2,1-3H3,(H,40,43). The van der Waals surface area contributed by atoms with E-state index in [9.17, 15) is 32.3 Å². The molecule has 0 atom stereocenters. The number of anilines is 1. The van der Waals surface area contributed by atoms with Gasteiger partial charge < -0.3 is 19.7 Å². The van der Waals surface area contributed by atoms with Crippen LogP contribution in [0.2, 0.25) is 5.02 Å². The maximum atomic E-state index is 13.5. The first kappa shape index (κ1) is 34.7. The van der Waals surface area contributed by atoms with Crippen molar-refractivity contribution in [2.75, 3.05) is 26.5 Å². The summed E-state index contributed by atoms with van der Waals surface area (Å²) < 4.78 is 49.2. The minimum Gasteiger partial charge on any atom is -0.465 e. The number of aryl methyl sites for hydroxylation is 1. The van der Waals surface area contributed by atoms with Crippen molar-refractivity contribution in [1.29, 1.82) is 0 Å². The Morgan fingerprint density at radius 1 is 0.872 bits per heavy atom. The Kier molecular flexibility index (Phi) is 11.0. The lowest BCUT2D eigenvalue weighted by Gasteiger charge is -2.17. The lowest BCUT2D eigenvalue weighted by molar-refractivity contribution is -0.137. The van der Waals surface area contributed by atoms with Gasteiger partial charge in [-0.2, -0.15) is 13.2 Å². The Bertz CT molecular complexity index is 1810. The molecule has 1 N–H and O–H groups in total. The van der Waals surface area contributed by atoms with E-state index in [2.05, 4.69) is 10.1 Å². The van der Waals surface area contributed by atoms with Gasteiger partial charge in [0.25, 0.3) is 11.8 Å². The lowest BCUT2D eigenvalue weighted by Crippen LogP contribution is -2.24. The minimum absolute atomic E-state index is 0.0330. The van der Waals surface area contributed by atoms with Crippen LogP contribution in [0, 0.1) is 0 Å². The van der Waals surface area contributed by atoms with Crippen LogP contribution in [0.4, 0.5) is 18.9 Å². The smallest absolute Gasteiger partial charge is 0.416 e. The van der Waals surface area contributed by atoms with Gasteiger partial charge in [-0.05, 0) is 78.1 Å². The SMILES string of the molecule is COC(=O)c1ccc(OC(=O)CCCc2ccc(NC(=O)c3ccccc3-c3ccc(C(F)(F)F)cc3)c(C(=O)N(C)C)c2)c(Cl)c1. The highest BCUT2D eigenvalue weighted by Crippen LogP contribution is 2.32. The van der Waals surface area contributed by atoms with E-state index in [-0.39, 0.29) is 45.5 Å². The van der Waals surface area contributed by atoms with Crippen molar-refractivity contribution in [3.05, 3.63) is 118 Å². The van der Waals surface area contributed by atoms with Gasteiger partial charge in [-0.15, -0.1) is 0 Å². The molecule has 0 aromatic heterocycles. The monoisotopic (exact) mass is 666 g/mol. The molecule has 0 aliphatic heterocycles. The van der Waals surface area contributed by atoms with Gasteiger partial charge in [-0.1, -0.05) is 48.0 Å². The fourth-order valence-electron chi connectivity index (χ4n) is 4.67. The summed E-state index contributed by atoms with van der Waals surface area (Å²) >= 11 is 6.14. The number of halogens is 4. The fraction of sp³-hybridized carbons (Fsp3) is 0.200. The number of esters is 2. The number of benzene rings is 4. The van der Waals surface area contributed by atoms with Crippen LogP contribution in [0.3, 0.4) is 0 Å². The van der Waals surface area contributed by atoms with E-state index in [1.54, 1.807) is 56.6 Å². The van der Waals surface area contributed by atoms with Gasteiger partial charge in [-0.25, -0.2) is 4.79 Å². The molecule has 0 heterocycles. The topological polar surface area (TPSA) is 102 Å². The number of amides is 2. The predicted octanol–water partition coefficient (Wildman–Crippen LogP) is 7.69. The van der Waals surface area contributed by atoms with Gasteiger partial charge in [0.2, 0.25) is 0 Å². The number of methoxy groups -OCH3 is 1. The van der Waals surface area contributed by atoms with E-state index >= 15 is 0 Å². The molecule has 0 aliphatic rings. The number of carbonyl (C=O) groups excluding carboxylic acids is 4. The predicted molar refractivity (Wildman–Crippen MR) is 171 cm³/mol. The number of alkyl halides is 3. The third kappa shape index (κ3) is 8.76. The first-order valence-corrected chi connectivity index (χ1v) is 14.7. The summed E-state index contributed by atoms with van der Waals surface area (Å²) in [6.45, 7) is 0. The van der Waals surface area contributed by atoms with E-state index in [0.717, 1.165) is 17.7 Å². The van der Waals surface area contributed by atoms with Crippen molar-refractivity contribution in [2.24, 2.45) is 0 Å². The van der Waals surface area contributed by atoms with Crippen molar-refractivity contribution in [2.45, 2.75) is 25.4 Å². The third-order valence-corrected chi connectivity index (χ3v) is 7.38. The second-order valence-corrected chi connectivity index (χ2v) is 11.0. The van der Waals surface area contributed by atoms with Crippen LogP contribution in [-0.2, 0) is 22.1 Å². The molecular formula is C35H30ClF3N2O6. The molecule has 0 aliphatic carbocycles. The molecular weight excluding hydrogens is 637 g/mol. The summed E-state index contributed by atoms with van der Waals surface area (Å²) in [5, 5.41) is 2.85. The number of hydrogen-bond donors (Lipinski definition) is 1. The van der Waals surface area contributed by atoms with Crippen LogP contribution in [0.5, 0.6) is 5.75 Å². The van der Waals surface area contributed by atoms with Crippen LogP contribution in [0.15, 0.2) is 84.9 Å². The van der Waals surface area contributed by atoms with Crippen LogP contribution in [0.25, 0.3) is 11.1 Å². The highest BCUT2D eigenvalue weighted by Gasteiger charge is 2.30. The van der Waals surface area contributed by atoms with Gasteiger partial charge in [0.1, 0.15) is 5.75 Å². The van der Waals surface area contributed by atoms with E-state index < -0.39 is 29.6 Å². The maximum Gasteiger partial charge on any atom is 0.416 e. The molecule has 12 heteroatoms. The molecule has 0 fully saturated rings. The summed E-state index contributed by atoms with van der Waals surface area (Å²) in [5.74, 6) is -1.95. The summed E-state index contributed by atoms with van der Waals surface area (Å²) in [5.41, 5.74) is 1.64. The molecule has 0 saturated heterocycles. The first-order chi connectivity index (χ1) is 22.3. The molecule has 2 amide bonds. The molecule has 0 radical (unpaired) electrons. The zero-order valence-electron chi connectivity index (χ0n) is 25.6. The summed E-state index contributed by atoms with van der Waals surface area (Å²) in [4.78, 5) is 52.0. The van der Waals surface area contributed by atoms with E-state index in [4.69, 9.17) is 16.3 Å². The number of nitrogens with zero attached hydrogens (tertiary/aromatic N) is 1. The lowest BCUT2D eigenvalue weighted by atomic mass is 9.97. The second kappa shape index (κ2) is 15.0. The summed E-state index contributed by atoms with van der Waals surface area (Å²) in [6, 6.07) is 20.1. The largest absolute Gasteiger partial charge is 0.465 e. The Morgan fingerprint density at radius 2 is 1.57 bits per heavy atom. The zero-order chi connectivity index (χ0) is 34.3. The number of hydrogen-bond acceptors (Lipinski definition) is 6. The second-order valence-electron chi connectivity index (χ2n) is 10.6. The van der Waals surface area contributed by atoms with E-state index in [0.29, 0.717) is 24.0 Å². The van der Waals surface area contributed by atoms with Crippen LogP contribution in [-0.4, -0.2) is 49.9 Å². The van der Waals surface area contributed by atoms with E-state index in [1.165, 1.54) is 42.3 Å². The normalized spacial score (nSPS) is 11.0. The number of nitrogens with one attached hydrogen (secondary N) is 1. The molecule has 244 valence electrons. The average molecular weight is 667 g/mol. The molecule has 0 spiro atoms. The van der Waals surface area contributed by atoms with Crippen LogP contribution >= 0.6 is 11.6 Å². The zero-order valence-corrected chi connectivity index (χ0v) is 26.4. The van der Waals surface area contributed by atoms with Crippen molar-refractivity contribution >= 4 is 41.0 Å². The molecule has 47 heavy (non-hydrogen) atoms. The average Bonchev–Trinajstić information content (AvgIpc) is 3.05. The number of rotatable bonds is 10. The Labute approximate surface area is 274 Å². The Morgan fingerprint density at radius 3 is 2.21 bits per heavy atom. The maximum absolute atomic E-state index is 13.5. The van der Waals surface area contributed by atoms with Gasteiger partial charge in [0.15, 0.2) is 0 Å².